The second-order valence-corrected chi connectivity index (χ2v) is 9.85. The smallest absolute Gasteiger partial charge is 0.325 e. The standard InChI is InChI=1S/C21H20Cl2N4O4S/c1-21(12-7-6-10(22)8-13(12)23)19(30)27(20(31)26-21)9-15(28)25-18-16(17(24)29)11-4-2-3-5-14(11)32-18/h6-8H,2-5,9H2,1H3,(H2,24,29)(H,25,28)(H,26,31). The van der Waals surface area contributed by atoms with Crippen molar-refractivity contribution >= 4 is 63.3 Å². The van der Waals surface area contributed by atoms with E-state index in [0.717, 1.165) is 41.0 Å². The Morgan fingerprint density at radius 1 is 1.25 bits per heavy atom. The zero-order valence-electron chi connectivity index (χ0n) is 17.1. The first-order valence-corrected chi connectivity index (χ1v) is 11.5. The molecule has 5 amide bonds. The molecule has 1 unspecified atom stereocenters. The van der Waals surface area contributed by atoms with E-state index in [9.17, 15) is 19.2 Å². The van der Waals surface area contributed by atoms with Crippen LogP contribution in [-0.2, 0) is 28.0 Å². The summed E-state index contributed by atoms with van der Waals surface area (Å²) in [6.45, 7) is 0.991. The fourth-order valence-electron chi connectivity index (χ4n) is 4.14. The first kappa shape index (κ1) is 22.6. The van der Waals surface area contributed by atoms with Gasteiger partial charge in [0.1, 0.15) is 17.1 Å². The number of fused-ring (bicyclic) bond motifs is 1. The molecule has 1 atom stereocenters. The van der Waals surface area contributed by atoms with Crippen molar-refractivity contribution in [2.75, 3.05) is 11.9 Å². The van der Waals surface area contributed by atoms with Gasteiger partial charge in [-0.1, -0.05) is 29.3 Å². The number of hydrogen-bond donors (Lipinski definition) is 3. The number of hydrogen-bond acceptors (Lipinski definition) is 5. The molecule has 1 aliphatic carbocycles. The molecule has 0 saturated carbocycles. The minimum atomic E-state index is -1.44. The number of amides is 5. The predicted octanol–water partition coefficient (Wildman–Crippen LogP) is 3.44. The molecule has 2 aromatic rings. The van der Waals surface area contributed by atoms with Gasteiger partial charge in [-0.25, -0.2) is 4.79 Å². The summed E-state index contributed by atoms with van der Waals surface area (Å²) in [5, 5.41) is 6.23. The number of aryl methyl sites for hydroxylation is 1. The monoisotopic (exact) mass is 494 g/mol. The molecular formula is C21H20Cl2N4O4S. The van der Waals surface area contributed by atoms with Gasteiger partial charge in [-0.15, -0.1) is 11.3 Å². The van der Waals surface area contributed by atoms with E-state index in [1.165, 1.54) is 24.3 Å². The number of rotatable bonds is 5. The van der Waals surface area contributed by atoms with Crippen LogP contribution >= 0.6 is 34.5 Å². The molecule has 1 saturated heterocycles. The van der Waals surface area contributed by atoms with E-state index >= 15 is 0 Å². The minimum Gasteiger partial charge on any atom is -0.365 e. The van der Waals surface area contributed by atoms with Gasteiger partial charge in [-0.05, 0) is 50.3 Å². The summed E-state index contributed by atoms with van der Waals surface area (Å²) in [6, 6.07) is 3.87. The third-order valence-corrected chi connectivity index (χ3v) is 7.47. The van der Waals surface area contributed by atoms with Crippen LogP contribution in [0.1, 0.15) is 46.1 Å². The first-order valence-electron chi connectivity index (χ1n) is 9.95. The Labute approximate surface area is 198 Å². The predicted molar refractivity (Wildman–Crippen MR) is 122 cm³/mol. The number of carbonyl (C=O) groups excluding carboxylic acids is 4. The molecule has 1 fully saturated rings. The Morgan fingerprint density at radius 3 is 2.66 bits per heavy atom. The Balaban J connectivity index is 1.54. The highest BCUT2D eigenvalue weighted by molar-refractivity contribution is 7.17. The Bertz CT molecular complexity index is 1160. The molecule has 11 heteroatoms. The molecule has 2 aliphatic rings. The summed E-state index contributed by atoms with van der Waals surface area (Å²) in [5.41, 5.74) is 5.67. The van der Waals surface area contributed by atoms with Crippen molar-refractivity contribution in [2.45, 2.75) is 38.1 Å². The molecular weight excluding hydrogens is 475 g/mol. The van der Waals surface area contributed by atoms with Crippen molar-refractivity contribution in [3.63, 3.8) is 0 Å². The van der Waals surface area contributed by atoms with E-state index in [2.05, 4.69) is 10.6 Å². The van der Waals surface area contributed by atoms with Crippen molar-refractivity contribution in [2.24, 2.45) is 5.73 Å². The summed E-state index contributed by atoms with van der Waals surface area (Å²) in [6.07, 6.45) is 3.51. The highest BCUT2D eigenvalue weighted by Crippen LogP contribution is 2.38. The lowest BCUT2D eigenvalue weighted by Gasteiger charge is -2.23. The molecule has 1 aromatic heterocycles. The second-order valence-electron chi connectivity index (χ2n) is 7.90. The molecule has 2 heterocycles. The summed E-state index contributed by atoms with van der Waals surface area (Å²) in [4.78, 5) is 52.2. The van der Waals surface area contributed by atoms with Crippen molar-refractivity contribution in [3.8, 4) is 0 Å². The van der Waals surface area contributed by atoms with Crippen LogP contribution in [0.5, 0.6) is 0 Å². The minimum absolute atomic E-state index is 0.218. The number of anilines is 1. The van der Waals surface area contributed by atoms with Crippen LogP contribution < -0.4 is 16.4 Å². The SMILES string of the molecule is CC1(c2ccc(Cl)cc2Cl)NC(=O)N(CC(=O)Nc2sc3c(c2C(N)=O)CCCC3)C1=O. The maximum Gasteiger partial charge on any atom is 0.325 e. The number of nitrogens with two attached hydrogens (primary N) is 1. The van der Waals surface area contributed by atoms with Gasteiger partial charge in [0, 0.05) is 20.5 Å². The van der Waals surface area contributed by atoms with Crippen LogP contribution in [0.4, 0.5) is 9.80 Å². The van der Waals surface area contributed by atoms with E-state index < -0.39 is 35.8 Å². The molecule has 0 spiro atoms. The van der Waals surface area contributed by atoms with Crippen LogP contribution in [0.2, 0.25) is 10.0 Å². The number of carbonyl (C=O) groups is 4. The van der Waals surface area contributed by atoms with Gasteiger partial charge < -0.3 is 16.4 Å². The number of primary amides is 1. The van der Waals surface area contributed by atoms with E-state index in [0.29, 0.717) is 21.2 Å². The molecule has 32 heavy (non-hydrogen) atoms. The van der Waals surface area contributed by atoms with Crippen molar-refractivity contribution in [3.05, 3.63) is 49.8 Å². The first-order chi connectivity index (χ1) is 15.1. The van der Waals surface area contributed by atoms with E-state index in [1.807, 2.05) is 0 Å². The zero-order chi connectivity index (χ0) is 23.2. The van der Waals surface area contributed by atoms with Gasteiger partial charge in [0.05, 0.1) is 5.56 Å². The maximum atomic E-state index is 13.1. The van der Waals surface area contributed by atoms with Crippen LogP contribution in [-0.4, -0.2) is 35.2 Å². The number of urea groups is 1. The van der Waals surface area contributed by atoms with Crippen molar-refractivity contribution < 1.29 is 19.2 Å². The lowest BCUT2D eigenvalue weighted by molar-refractivity contribution is -0.133. The number of thiophene rings is 1. The quantitative estimate of drug-likeness (QED) is 0.550. The zero-order valence-corrected chi connectivity index (χ0v) is 19.4. The van der Waals surface area contributed by atoms with Crippen LogP contribution in [0, 0.1) is 0 Å². The second kappa shape index (κ2) is 8.38. The van der Waals surface area contributed by atoms with E-state index in [-0.39, 0.29) is 5.02 Å². The van der Waals surface area contributed by atoms with Crippen molar-refractivity contribution in [1.29, 1.82) is 0 Å². The number of benzene rings is 1. The van der Waals surface area contributed by atoms with Crippen LogP contribution in [0.15, 0.2) is 18.2 Å². The Kier molecular flexibility index (Phi) is 5.91. The van der Waals surface area contributed by atoms with Gasteiger partial charge >= 0.3 is 6.03 Å². The van der Waals surface area contributed by atoms with Gasteiger partial charge in [-0.3, -0.25) is 19.3 Å². The normalized spacial score (nSPS) is 20.2. The fraction of sp³-hybridized carbons (Fsp3) is 0.333. The highest BCUT2D eigenvalue weighted by Gasteiger charge is 2.50. The Morgan fingerprint density at radius 2 is 1.97 bits per heavy atom. The van der Waals surface area contributed by atoms with Gasteiger partial charge in [0.2, 0.25) is 5.91 Å². The van der Waals surface area contributed by atoms with Crippen LogP contribution in [0.3, 0.4) is 0 Å². The molecule has 4 rings (SSSR count). The molecule has 8 nitrogen and oxygen atoms in total. The lowest BCUT2D eigenvalue weighted by atomic mass is 9.92. The summed E-state index contributed by atoms with van der Waals surface area (Å²) in [7, 11) is 0. The molecule has 4 N–H and O–H groups in total. The summed E-state index contributed by atoms with van der Waals surface area (Å²) >= 11 is 13.5. The van der Waals surface area contributed by atoms with E-state index in [4.69, 9.17) is 28.9 Å². The van der Waals surface area contributed by atoms with Gasteiger partial charge in [-0.2, -0.15) is 0 Å². The molecule has 1 aliphatic heterocycles. The molecule has 0 bridgehead atoms. The Hall–Kier alpha value is -2.62. The average molecular weight is 495 g/mol. The maximum absolute atomic E-state index is 13.1. The van der Waals surface area contributed by atoms with Gasteiger partial charge in [0.25, 0.3) is 11.8 Å². The number of halogens is 2. The number of nitrogens with one attached hydrogen (secondary N) is 2. The van der Waals surface area contributed by atoms with E-state index in [1.54, 1.807) is 12.1 Å². The third-order valence-electron chi connectivity index (χ3n) is 5.72. The molecule has 1 aromatic carbocycles. The third kappa shape index (κ3) is 3.85. The largest absolute Gasteiger partial charge is 0.365 e. The van der Waals surface area contributed by atoms with Gasteiger partial charge in [0.15, 0.2) is 0 Å². The highest BCUT2D eigenvalue weighted by atomic mass is 35.5. The van der Waals surface area contributed by atoms with Crippen LogP contribution in [0.25, 0.3) is 0 Å². The lowest BCUT2D eigenvalue weighted by Crippen LogP contribution is -2.42. The fourth-order valence-corrected chi connectivity index (χ4v) is 6.05. The molecule has 168 valence electrons. The molecule has 0 radical (unpaired) electrons. The topological polar surface area (TPSA) is 122 Å². The number of imide groups is 1. The average Bonchev–Trinajstić information content (AvgIpc) is 3.18. The summed E-state index contributed by atoms with van der Waals surface area (Å²) < 4.78 is 0. The summed E-state index contributed by atoms with van der Waals surface area (Å²) in [5.74, 6) is -1.84. The van der Waals surface area contributed by atoms with Crippen molar-refractivity contribution in [1.82, 2.24) is 10.2 Å². The number of nitrogens with zero attached hydrogens (tertiary/aromatic N) is 1.